The van der Waals surface area contributed by atoms with Crippen molar-refractivity contribution in [3.05, 3.63) is 0 Å². The van der Waals surface area contributed by atoms with Crippen molar-refractivity contribution in [1.82, 2.24) is 0 Å². The maximum absolute atomic E-state index is 5.51. The molecule has 0 aromatic carbocycles. The Balaban J connectivity index is 3.58. The van der Waals surface area contributed by atoms with Gasteiger partial charge in [-0.05, 0) is 24.3 Å². The van der Waals surface area contributed by atoms with Crippen LogP contribution < -0.4 is 5.73 Å². The molecule has 1 nitrogen and oxygen atoms in total. The molecular weight excluding hydrogens is 110 g/mol. The molecule has 0 bridgehead atoms. The van der Waals surface area contributed by atoms with Gasteiger partial charge in [-0.2, -0.15) is 0 Å². The Labute approximate surface area is 58.6 Å². The third kappa shape index (κ3) is 2.85. The molecule has 0 aromatic heterocycles. The van der Waals surface area contributed by atoms with Crippen molar-refractivity contribution in [2.24, 2.45) is 23.5 Å². The second kappa shape index (κ2) is 3.89. The van der Waals surface area contributed by atoms with E-state index in [0.29, 0.717) is 5.92 Å². The highest BCUT2D eigenvalue weighted by atomic mass is 14.5. The van der Waals surface area contributed by atoms with Gasteiger partial charge in [-0.15, -0.1) is 0 Å². The summed E-state index contributed by atoms with van der Waals surface area (Å²) < 4.78 is 0. The first-order valence-corrected chi connectivity index (χ1v) is 3.79. The average Bonchev–Trinajstić information content (AvgIpc) is 1.84. The molecule has 0 fully saturated rings. The molecule has 0 heterocycles. The maximum atomic E-state index is 5.51. The summed E-state index contributed by atoms with van der Waals surface area (Å²) in [5.41, 5.74) is 5.51. The highest BCUT2D eigenvalue weighted by Gasteiger charge is 2.13. The van der Waals surface area contributed by atoms with Crippen LogP contribution in [0.5, 0.6) is 0 Å². The fourth-order valence-electron chi connectivity index (χ4n) is 0.872. The molecule has 0 saturated heterocycles. The number of hydrogen-bond acceptors (Lipinski definition) is 1. The molecule has 0 aromatic rings. The van der Waals surface area contributed by atoms with E-state index in [1.807, 2.05) is 0 Å². The van der Waals surface area contributed by atoms with E-state index in [1.165, 1.54) is 0 Å². The summed E-state index contributed by atoms with van der Waals surface area (Å²) in [5, 5.41) is 0. The number of nitrogens with two attached hydrogens (primary N) is 1. The molecule has 1 heteroatoms. The van der Waals surface area contributed by atoms with Gasteiger partial charge >= 0.3 is 0 Å². The van der Waals surface area contributed by atoms with Crippen LogP contribution in [0.3, 0.4) is 0 Å². The normalized spacial score (nSPS) is 18.0. The van der Waals surface area contributed by atoms with E-state index in [4.69, 9.17) is 5.73 Å². The molecular formula is C8H19N. The molecule has 0 amide bonds. The van der Waals surface area contributed by atoms with E-state index in [-0.39, 0.29) is 0 Å². The SMILES string of the molecule is CC(C)C(C)[C@H](C)CN. The van der Waals surface area contributed by atoms with E-state index in [2.05, 4.69) is 27.7 Å². The molecule has 2 atom stereocenters. The predicted molar refractivity (Wildman–Crippen MR) is 42.2 cm³/mol. The Morgan fingerprint density at radius 3 is 1.67 bits per heavy atom. The lowest BCUT2D eigenvalue weighted by atomic mass is 9.86. The minimum atomic E-state index is 0.671. The first-order chi connectivity index (χ1) is 4.09. The molecule has 2 N–H and O–H groups in total. The summed E-state index contributed by atoms with van der Waals surface area (Å²) in [6, 6.07) is 0. The molecule has 0 spiro atoms. The third-order valence-electron chi connectivity index (χ3n) is 2.32. The zero-order valence-electron chi connectivity index (χ0n) is 7.02. The molecule has 0 saturated carbocycles. The van der Waals surface area contributed by atoms with Gasteiger partial charge in [-0.1, -0.05) is 27.7 Å². The van der Waals surface area contributed by atoms with Gasteiger partial charge in [-0.3, -0.25) is 0 Å². The van der Waals surface area contributed by atoms with Crippen LogP contribution in [0.15, 0.2) is 0 Å². The smallest absolute Gasteiger partial charge is 0.00489 e. The molecule has 0 aliphatic heterocycles. The fourth-order valence-corrected chi connectivity index (χ4v) is 0.872. The lowest BCUT2D eigenvalue weighted by Crippen LogP contribution is -2.21. The monoisotopic (exact) mass is 129 g/mol. The van der Waals surface area contributed by atoms with E-state index >= 15 is 0 Å². The van der Waals surface area contributed by atoms with E-state index < -0.39 is 0 Å². The standard InChI is InChI=1S/C8H19N/c1-6(2)8(4)7(3)5-9/h6-8H,5,9H2,1-4H3/t7-,8?/m1/s1. The van der Waals surface area contributed by atoms with Gasteiger partial charge in [0, 0.05) is 0 Å². The van der Waals surface area contributed by atoms with Crippen molar-refractivity contribution >= 4 is 0 Å². The topological polar surface area (TPSA) is 26.0 Å². The van der Waals surface area contributed by atoms with E-state index in [0.717, 1.165) is 18.4 Å². The van der Waals surface area contributed by atoms with Gasteiger partial charge in [0.15, 0.2) is 0 Å². The Morgan fingerprint density at radius 2 is 1.56 bits per heavy atom. The second-order valence-electron chi connectivity index (χ2n) is 3.32. The predicted octanol–water partition coefficient (Wildman–Crippen LogP) is 1.87. The third-order valence-corrected chi connectivity index (χ3v) is 2.32. The molecule has 56 valence electrons. The van der Waals surface area contributed by atoms with Gasteiger partial charge in [0.1, 0.15) is 0 Å². The number of rotatable bonds is 3. The van der Waals surface area contributed by atoms with E-state index in [9.17, 15) is 0 Å². The Kier molecular flexibility index (Phi) is 3.87. The summed E-state index contributed by atoms with van der Waals surface area (Å²) in [7, 11) is 0. The zero-order chi connectivity index (χ0) is 7.44. The fraction of sp³-hybridized carbons (Fsp3) is 1.00. The molecule has 0 aliphatic carbocycles. The van der Waals surface area contributed by atoms with Crippen molar-refractivity contribution < 1.29 is 0 Å². The summed E-state index contributed by atoms with van der Waals surface area (Å²) in [6.07, 6.45) is 0. The van der Waals surface area contributed by atoms with Crippen LogP contribution in [0, 0.1) is 17.8 Å². The lowest BCUT2D eigenvalue weighted by Gasteiger charge is -2.21. The minimum absolute atomic E-state index is 0.671. The van der Waals surface area contributed by atoms with Crippen molar-refractivity contribution in [3.8, 4) is 0 Å². The largest absolute Gasteiger partial charge is 0.330 e. The van der Waals surface area contributed by atoms with Crippen LogP contribution in [0.4, 0.5) is 0 Å². The van der Waals surface area contributed by atoms with Crippen molar-refractivity contribution in [3.63, 3.8) is 0 Å². The van der Waals surface area contributed by atoms with Gasteiger partial charge in [-0.25, -0.2) is 0 Å². The van der Waals surface area contributed by atoms with Gasteiger partial charge in [0.25, 0.3) is 0 Å². The summed E-state index contributed by atoms with van der Waals surface area (Å²) in [5.74, 6) is 2.20. The highest BCUT2D eigenvalue weighted by molar-refractivity contribution is 4.64. The van der Waals surface area contributed by atoms with Crippen LogP contribution in [0.1, 0.15) is 27.7 Å². The molecule has 0 aliphatic rings. The van der Waals surface area contributed by atoms with Crippen molar-refractivity contribution in [1.29, 1.82) is 0 Å². The minimum Gasteiger partial charge on any atom is -0.330 e. The molecule has 9 heavy (non-hydrogen) atoms. The van der Waals surface area contributed by atoms with Crippen molar-refractivity contribution in [2.45, 2.75) is 27.7 Å². The van der Waals surface area contributed by atoms with E-state index in [1.54, 1.807) is 0 Å². The zero-order valence-corrected chi connectivity index (χ0v) is 7.02. The molecule has 0 rings (SSSR count). The van der Waals surface area contributed by atoms with Crippen LogP contribution >= 0.6 is 0 Å². The Hall–Kier alpha value is -0.0400. The second-order valence-corrected chi connectivity index (χ2v) is 3.32. The van der Waals surface area contributed by atoms with Gasteiger partial charge in [0.05, 0.1) is 0 Å². The van der Waals surface area contributed by atoms with Crippen LogP contribution in [0.25, 0.3) is 0 Å². The Bertz CT molecular complexity index is 69.0. The quantitative estimate of drug-likeness (QED) is 0.618. The molecule has 0 radical (unpaired) electrons. The lowest BCUT2D eigenvalue weighted by molar-refractivity contribution is 0.302. The first-order valence-electron chi connectivity index (χ1n) is 3.79. The Morgan fingerprint density at radius 1 is 1.11 bits per heavy atom. The maximum Gasteiger partial charge on any atom is -0.00489 e. The highest BCUT2D eigenvalue weighted by Crippen LogP contribution is 2.18. The summed E-state index contributed by atoms with van der Waals surface area (Å²) >= 11 is 0. The summed E-state index contributed by atoms with van der Waals surface area (Å²) in [6.45, 7) is 9.79. The summed E-state index contributed by atoms with van der Waals surface area (Å²) in [4.78, 5) is 0. The van der Waals surface area contributed by atoms with Gasteiger partial charge in [0.2, 0.25) is 0 Å². The van der Waals surface area contributed by atoms with Crippen molar-refractivity contribution in [2.75, 3.05) is 6.54 Å². The van der Waals surface area contributed by atoms with Crippen LogP contribution in [0.2, 0.25) is 0 Å². The van der Waals surface area contributed by atoms with Gasteiger partial charge < -0.3 is 5.73 Å². The van der Waals surface area contributed by atoms with Crippen LogP contribution in [-0.2, 0) is 0 Å². The van der Waals surface area contributed by atoms with Crippen LogP contribution in [-0.4, -0.2) is 6.54 Å². The average molecular weight is 129 g/mol. The molecule has 1 unspecified atom stereocenters. The first kappa shape index (κ1) is 8.96. The number of hydrogen-bond donors (Lipinski definition) is 1.